The van der Waals surface area contributed by atoms with Crippen molar-refractivity contribution in [1.82, 2.24) is 0 Å². The molecular formula is C14H30N2O4. The van der Waals surface area contributed by atoms with E-state index in [0.717, 1.165) is 32.1 Å². The Morgan fingerprint density at radius 2 is 1.25 bits per heavy atom. The van der Waals surface area contributed by atoms with Crippen LogP contribution in [-0.4, -0.2) is 28.3 Å². The van der Waals surface area contributed by atoms with Crippen molar-refractivity contribution in [2.24, 2.45) is 11.5 Å². The molecule has 0 saturated heterocycles. The second kappa shape index (κ2) is 15.9. The maximum absolute atomic E-state index is 10.1. The summed E-state index contributed by atoms with van der Waals surface area (Å²) in [5.74, 6) is -1.52. The molecule has 0 fully saturated rings. The Hall–Kier alpha value is -1.14. The molecule has 0 aromatic carbocycles. The highest BCUT2D eigenvalue weighted by molar-refractivity contribution is 5.66. The minimum atomic E-state index is -0.759. The lowest BCUT2D eigenvalue weighted by Gasteiger charge is -2.00. The summed E-state index contributed by atoms with van der Waals surface area (Å²) in [4.78, 5) is 20.2. The lowest BCUT2D eigenvalue weighted by Crippen LogP contribution is -2.29. The van der Waals surface area contributed by atoms with E-state index in [-0.39, 0.29) is 19.0 Å². The summed E-state index contributed by atoms with van der Waals surface area (Å²) in [6, 6.07) is 0. The van der Waals surface area contributed by atoms with Crippen LogP contribution in [0.1, 0.15) is 71.1 Å². The van der Waals surface area contributed by atoms with Gasteiger partial charge < -0.3 is 21.7 Å². The lowest BCUT2D eigenvalue weighted by molar-refractivity contribution is -0.138. The number of hydrogen-bond donors (Lipinski definition) is 4. The molecule has 0 aromatic heterocycles. The number of carbonyl (C=O) groups is 2. The van der Waals surface area contributed by atoms with E-state index < -0.39 is 11.9 Å². The Balaban J connectivity index is 0. The monoisotopic (exact) mass is 290 g/mol. The van der Waals surface area contributed by atoms with Gasteiger partial charge in [-0.2, -0.15) is 0 Å². The molecule has 0 spiro atoms. The van der Waals surface area contributed by atoms with Crippen LogP contribution in [-0.2, 0) is 9.59 Å². The number of rotatable bonds is 11. The van der Waals surface area contributed by atoms with Crippen LogP contribution in [0.4, 0.5) is 0 Å². The van der Waals surface area contributed by atoms with Crippen LogP contribution in [0.5, 0.6) is 0 Å². The average Bonchev–Trinajstić information content (AvgIpc) is 2.35. The first kappa shape index (κ1) is 21.2. The molecule has 0 aromatic rings. The van der Waals surface area contributed by atoms with E-state index in [9.17, 15) is 9.59 Å². The third-order valence-corrected chi connectivity index (χ3v) is 2.67. The van der Waals surface area contributed by atoms with Gasteiger partial charge in [0, 0.05) is 12.8 Å². The maximum Gasteiger partial charge on any atom is 0.303 e. The van der Waals surface area contributed by atoms with Crippen molar-refractivity contribution in [3.05, 3.63) is 0 Å². The normalized spacial score (nSPS) is 10.0. The van der Waals surface area contributed by atoms with Crippen LogP contribution in [0, 0.1) is 0 Å². The predicted octanol–water partition coefficient (Wildman–Crippen LogP) is 2.31. The Morgan fingerprint density at radius 1 is 0.850 bits per heavy atom. The zero-order valence-electron chi connectivity index (χ0n) is 12.5. The van der Waals surface area contributed by atoms with E-state index >= 15 is 0 Å². The second-order valence-corrected chi connectivity index (χ2v) is 4.86. The smallest absolute Gasteiger partial charge is 0.303 e. The van der Waals surface area contributed by atoms with Gasteiger partial charge in [0.25, 0.3) is 0 Å². The molecule has 0 amide bonds. The fraction of sp³-hybridized carbons (Fsp3) is 0.857. The van der Waals surface area contributed by atoms with Crippen molar-refractivity contribution < 1.29 is 19.8 Å². The highest BCUT2D eigenvalue weighted by Gasteiger charge is 1.98. The molecule has 0 heterocycles. The van der Waals surface area contributed by atoms with E-state index in [4.69, 9.17) is 21.7 Å². The third kappa shape index (κ3) is 25.6. The van der Waals surface area contributed by atoms with Gasteiger partial charge in [0.2, 0.25) is 0 Å². The number of unbranched alkanes of at least 4 members (excludes halogenated alkanes) is 5. The molecule has 0 aliphatic carbocycles. The van der Waals surface area contributed by atoms with Gasteiger partial charge in [-0.3, -0.25) is 9.59 Å². The van der Waals surface area contributed by atoms with E-state index in [0.29, 0.717) is 12.8 Å². The average molecular weight is 290 g/mol. The summed E-state index contributed by atoms with van der Waals surface area (Å²) >= 11 is 0. The first-order chi connectivity index (χ1) is 9.40. The molecule has 0 atom stereocenters. The molecule has 6 N–H and O–H groups in total. The number of nitrogens with two attached hydrogens (primary N) is 2. The van der Waals surface area contributed by atoms with Gasteiger partial charge in [-0.1, -0.05) is 39.0 Å². The standard InChI is InChI=1S/C9H16O4.C5H14N2/c10-8(11)6-4-2-1-3-5-7-9(12)13;1-2-3-4-5(6)7/h1-7H2,(H,10,11)(H,12,13);5H,2-4,6-7H2,1H3. The summed E-state index contributed by atoms with van der Waals surface area (Å²) in [7, 11) is 0. The zero-order chi connectivity index (χ0) is 15.8. The quantitative estimate of drug-likeness (QED) is 0.341. The van der Waals surface area contributed by atoms with Crippen molar-refractivity contribution >= 4 is 11.9 Å². The zero-order valence-corrected chi connectivity index (χ0v) is 12.5. The maximum atomic E-state index is 10.1. The predicted molar refractivity (Wildman–Crippen MR) is 79.3 cm³/mol. The van der Waals surface area contributed by atoms with Crippen molar-refractivity contribution in [3.63, 3.8) is 0 Å². The molecule has 0 unspecified atom stereocenters. The van der Waals surface area contributed by atoms with Crippen LogP contribution < -0.4 is 11.5 Å². The summed E-state index contributed by atoms with van der Waals surface area (Å²) in [6.07, 6.45) is 7.72. The fourth-order valence-electron chi connectivity index (χ4n) is 1.52. The molecule has 6 heteroatoms. The van der Waals surface area contributed by atoms with Crippen LogP contribution in [0.2, 0.25) is 0 Å². The minimum Gasteiger partial charge on any atom is -0.481 e. The van der Waals surface area contributed by atoms with Gasteiger partial charge in [0.15, 0.2) is 0 Å². The Kier molecular flexibility index (Phi) is 16.8. The molecule has 6 nitrogen and oxygen atoms in total. The minimum absolute atomic E-state index is 0.0973. The second-order valence-electron chi connectivity index (χ2n) is 4.86. The van der Waals surface area contributed by atoms with Crippen molar-refractivity contribution in [3.8, 4) is 0 Å². The van der Waals surface area contributed by atoms with E-state index in [1.165, 1.54) is 6.42 Å². The highest BCUT2D eigenvalue weighted by atomic mass is 16.4. The van der Waals surface area contributed by atoms with Crippen molar-refractivity contribution in [2.75, 3.05) is 0 Å². The van der Waals surface area contributed by atoms with Gasteiger partial charge in [-0.15, -0.1) is 0 Å². The Bertz CT molecular complexity index is 227. The number of hydrogen-bond acceptors (Lipinski definition) is 4. The lowest BCUT2D eigenvalue weighted by atomic mass is 10.1. The summed E-state index contributed by atoms with van der Waals surface area (Å²) < 4.78 is 0. The number of aliphatic carboxylic acids is 2. The summed E-state index contributed by atoms with van der Waals surface area (Å²) in [5, 5.41) is 16.6. The molecule has 0 aliphatic heterocycles. The summed E-state index contributed by atoms with van der Waals surface area (Å²) in [6.45, 7) is 2.13. The van der Waals surface area contributed by atoms with E-state index in [2.05, 4.69) is 6.92 Å². The topological polar surface area (TPSA) is 127 Å². The molecule has 120 valence electrons. The van der Waals surface area contributed by atoms with Crippen LogP contribution in [0.3, 0.4) is 0 Å². The molecule has 0 bridgehead atoms. The van der Waals surface area contributed by atoms with Gasteiger partial charge in [0.1, 0.15) is 0 Å². The molecule has 0 saturated carbocycles. The highest BCUT2D eigenvalue weighted by Crippen LogP contribution is 2.06. The number of carboxylic acids is 2. The largest absolute Gasteiger partial charge is 0.481 e. The summed E-state index contributed by atoms with van der Waals surface area (Å²) in [5.41, 5.74) is 10.5. The molecular weight excluding hydrogens is 260 g/mol. The Labute approximate surface area is 121 Å². The van der Waals surface area contributed by atoms with Gasteiger partial charge in [-0.05, 0) is 19.3 Å². The first-order valence-electron chi connectivity index (χ1n) is 7.34. The Morgan fingerprint density at radius 3 is 1.50 bits per heavy atom. The number of carboxylic acid groups (broad SMARTS) is 2. The van der Waals surface area contributed by atoms with Crippen LogP contribution in [0.15, 0.2) is 0 Å². The van der Waals surface area contributed by atoms with Crippen LogP contribution in [0.25, 0.3) is 0 Å². The van der Waals surface area contributed by atoms with Gasteiger partial charge >= 0.3 is 11.9 Å². The van der Waals surface area contributed by atoms with E-state index in [1.807, 2.05) is 0 Å². The molecule has 0 aliphatic rings. The molecule has 0 radical (unpaired) electrons. The van der Waals surface area contributed by atoms with Crippen LogP contribution >= 0.6 is 0 Å². The molecule has 0 rings (SSSR count). The van der Waals surface area contributed by atoms with Gasteiger partial charge in [-0.25, -0.2) is 0 Å². The first-order valence-corrected chi connectivity index (χ1v) is 7.34. The van der Waals surface area contributed by atoms with Crippen molar-refractivity contribution in [2.45, 2.75) is 77.3 Å². The molecule has 20 heavy (non-hydrogen) atoms. The SMILES string of the molecule is CCCCC(N)N.O=C(O)CCCCCCCC(=O)O. The van der Waals surface area contributed by atoms with Gasteiger partial charge in [0.05, 0.1) is 6.17 Å². The third-order valence-electron chi connectivity index (χ3n) is 2.67. The fourth-order valence-corrected chi connectivity index (χ4v) is 1.52. The van der Waals surface area contributed by atoms with E-state index in [1.54, 1.807) is 0 Å². The van der Waals surface area contributed by atoms with Crippen molar-refractivity contribution in [1.29, 1.82) is 0 Å².